The molecule has 3 nitrogen and oxygen atoms in total. The molecule has 3 heteroatoms. The maximum absolute atomic E-state index is 4.07. The van der Waals surface area contributed by atoms with Gasteiger partial charge in [-0.2, -0.15) is 0 Å². The van der Waals surface area contributed by atoms with Crippen molar-refractivity contribution in [3.63, 3.8) is 0 Å². The molecule has 1 unspecified atom stereocenters. The number of hydrogen-bond donors (Lipinski definition) is 0. The van der Waals surface area contributed by atoms with Crippen LogP contribution in [-0.2, 0) is 0 Å². The van der Waals surface area contributed by atoms with Crippen LogP contribution >= 0.6 is 0 Å². The van der Waals surface area contributed by atoms with Crippen molar-refractivity contribution >= 4 is 0 Å². The first-order valence-electron chi connectivity index (χ1n) is 5.86. The summed E-state index contributed by atoms with van der Waals surface area (Å²) in [7, 11) is 0. The van der Waals surface area contributed by atoms with Gasteiger partial charge in [0, 0.05) is 31.0 Å². The molecule has 0 aliphatic carbocycles. The summed E-state index contributed by atoms with van der Waals surface area (Å²) < 4.78 is 2.17. The zero-order chi connectivity index (χ0) is 11.3. The Morgan fingerprint density at radius 3 is 2.53 bits per heavy atom. The molecule has 1 atom stereocenters. The zero-order valence-corrected chi connectivity index (χ0v) is 10.3. The lowest BCUT2D eigenvalue weighted by molar-refractivity contribution is 0.218. The summed E-state index contributed by atoms with van der Waals surface area (Å²) >= 11 is 0. The first kappa shape index (κ1) is 12.2. The fraction of sp³-hybridized carbons (Fsp3) is 0.750. The maximum Gasteiger partial charge on any atom is 0.0948 e. The molecule has 0 N–H and O–H groups in total. The third kappa shape index (κ3) is 3.67. The predicted molar refractivity (Wildman–Crippen MR) is 63.9 cm³/mol. The summed E-state index contributed by atoms with van der Waals surface area (Å²) in [6.07, 6.45) is 6.96. The van der Waals surface area contributed by atoms with Crippen LogP contribution in [-0.4, -0.2) is 33.6 Å². The monoisotopic (exact) mass is 209 g/mol. The van der Waals surface area contributed by atoms with E-state index in [0.717, 1.165) is 13.1 Å². The van der Waals surface area contributed by atoms with E-state index in [2.05, 4.69) is 42.1 Å². The molecule has 0 aliphatic heterocycles. The highest BCUT2D eigenvalue weighted by atomic mass is 15.1. The Morgan fingerprint density at radius 2 is 2.07 bits per heavy atom. The van der Waals surface area contributed by atoms with Gasteiger partial charge in [0.25, 0.3) is 0 Å². The lowest BCUT2D eigenvalue weighted by Gasteiger charge is -2.26. The maximum atomic E-state index is 4.07. The number of nitrogens with zero attached hydrogens (tertiary/aromatic N) is 3. The van der Waals surface area contributed by atoms with E-state index in [-0.39, 0.29) is 0 Å². The van der Waals surface area contributed by atoms with Gasteiger partial charge in [0.15, 0.2) is 0 Å². The van der Waals surface area contributed by atoms with E-state index in [4.69, 9.17) is 0 Å². The topological polar surface area (TPSA) is 21.1 Å². The molecule has 0 fully saturated rings. The van der Waals surface area contributed by atoms with Crippen LogP contribution in [0.15, 0.2) is 18.7 Å². The highest BCUT2D eigenvalue weighted by molar-refractivity contribution is 4.79. The second kappa shape index (κ2) is 5.91. The van der Waals surface area contributed by atoms with E-state index < -0.39 is 0 Å². The molecule has 0 saturated carbocycles. The molecule has 0 spiro atoms. The molecule has 1 heterocycles. The largest absolute Gasteiger partial charge is 0.335 e. The third-order valence-corrected chi connectivity index (χ3v) is 3.00. The van der Waals surface area contributed by atoms with Crippen molar-refractivity contribution in [1.29, 1.82) is 0 Å². The van der Waals surface area contributed by atoms with Gasteiger partial charge in [-0.25, -0.2) is 4.98 Å². The Balaban J connectivity index is 2.36. The van der Waals surface area contributed by atoms with E-state index in [9.17, 15) is 0 Å². The molecule has 1 rings (SSSR count). The van der Waals surface area contributed by atoms with Crippen LogP contribution in [0, 0.1) is 0 Å². The molecule has 1 aromatic heterocycles. The van der Waals surface area contributed by atoms with Crippen LogP contribution in [0.4, 0.5) is 0 Å². The normalized spacial score (nSPS) is 13.7. The van der Waals surface area contributed by atoms with Gasteiger partial charge < -0.3 is 9.47 Å². The van der Waals surface area contributed by atoms with Gasteiger partial charge in [-0.3, -0.25) is 0 Å². The van der Waals surface area contributed by atoms with Crippen molar-refractivity contribution in [2.24, 2.45) is 0 Å². The van der Waals surface area contributed by atoms with Crippen molar-refractivity contribution in [2.75, 3.05) is 13.1 Å². The number of imidazole rings is 1. The summed E-state index contributed by atoms with van der Waals surface area (Å²) in [4.78, 5) is 6.57. The summed E-state index contributed by atoms with van der Waals surface area (Å²) in [5.41, 5.74) is 0. The molecule has 0 radical (unpaired) electrons. The van der Waals surface area contributed by atoms with Crippen molar-refractivity contribution in [3.05, 3.63) is 18.7 Å². The van der Waals surface area contributed by atoms with Gasteiger partial charge in [0.2, 0.25) is 0 Å². The molecule has 0 amide bonds. The van der Waals surface area contributed by atoms with Gasteiger partial charge >= 0.3 is 0 Å². The molecular formula is C12H23N3. The van der Waals surface area contributed by atoms with Crippen LogP contribution in [0.2, 0.25) is 0 Å². The second-order valence-electron chi connectivity index (χ2n) is 4.37. The minimum absolute atomic E-state index is 0.542. The number of aromatic nitrogens is 2. The molecule has 86 valence electrons. The fourth-order valence-corrected chi connectivity index (χ4v) is 1.81. The van der Waals surface area contributed by atoms with Crippen LogP contribution in [0.25, 0.3) is 0 Å². The molecule has 15 heavy (non-hydrogen) atoms. The lowest BCUT2D eigenvalue weighted by atomic mass is 10.2. The minimum atomic E-state index is 0.542. The lowest BCUT2D eigenvalue weighted by Crippen LogP contribution is -2.32. The summed E-state index contributed by atoms with van der Waals surface area (Å²) in [6, 6.07) is 1.19. The van der Waals surface area contributed by atoms with Crippen molar-refractivity contribution in [3.8, 4) is 0 Å². The fourth-order valence-electron chi connectivity index (χ4n) is 1.81. The molecule has 0 aliphatic rings. The Labute approximate surface area is 93.1 Å². The standard InChI is InChI=1S/C12H23N3/c1-5-14(11(2)3)8-6-12(4)15-9-7-13-10-15/h7,9-12H,5-6,8H2,1-4H3. The summed E-state index contributed by atoms with van der Waals surface area (Å²) in [6.45, 7) is 11.3. The van der Waals surface area contributed by atoms with Gasteiger partial charge in [-0.1, -0.05) is 6.92 Å². The van der Waals surface area contributed by atoms with E-state index in [1.165, 1.54) is 6.42 Å². The smallest absolute Gasteiger partial charge is 0.0948 e. The highest BCUT2D eigenvalue weighted by Gasteiger charge is 2.09. The first-order valence-corrected chi connectivity index (χ1v) is 5.86. The van der Waals surface area contributed by atoms with Crippen molar-refractivity contribution in [1.82, 2.24) is 14.5 Å². The SMILES string of the molecule is CCN(CCC(C)n1ccnc1)C(C)C. The Bertz CT molecular complexity index is 254. The summed E-state index contributed by atoms with van der Waals surface area (Å²) in [5.74, 6) is 0. The van der Waals surface area contributed by atoms with Crippen molar-refractivity contribution in [2.45, 2.75) is 46.2 Å². The number of rotatable bonds is 6. The molecule has 0 saturated heterocycles. The zero-order valence-electron chi connectivity index (χ0n) is 10.3. The van der Waals surface area contributed by atoms with Crippen LogP contribution in [0.3, 0.4) is 0 Å². The van der Waals surface area contributed by atoms with Gasteiger partial charge in [0.1, 0.15) is 0 Å². The Kier molecular flexibility index (Phi) is 4.82. The van der Waals surface area contributed by atoms with Gasteiger partial charge in [0.05, 0.1) is 6.33 Å². The van der Waals surface area contributed by atoms with Crippen molar-refractivity contribution < 1.29 is 0 Å². The third-order valence-electron chi connectivity index (χ3n) is 3.00. The Morgan fingerprint density at radius 1 is 1.33 bits per heavy atom. The molecular weight excluding hydrogens is 186 g/mol. The van der Waals surface area contributed by atoms with Crippen LogP contribution in [0.1, 0.15) is 40.2 Å². The first-order chi connectivity index (χ1) is 7.15. The summed E-state index contributed by atoms with van der Waals surface area (Å²) in [5, 5.41) is 0. The highest BCUT2D eigenvalue weighted by Crippen LogP contribution is 2.11. The molecule has 1 aromatic rings. The average molecular weight is 209 g/mol. The molecule has 0 bridgehead atoms. The van der Waals surface area contributed by atoms with E-state index >= 15 is 0 Å². The van der Waals surface area contributed by atoms with Crippen LogP contribution in [0.5, 0.6) is 0 Å². The quantitative estimate of drug-likeness (QED) is 0.718. The average Bonchev–Trinajstić information content (AvgIpc) is 2.70. The Hall–Kier alpha value is -0.830. The van der Waals surface area contributed by atoms with Gasteiger partial charge in [-0.15, -0.1) is 0 Å². The predicted octanol–water partition coefficient (Wildman–Crippen LogP) is 2.56. The van der Waals surface area contributed by atoms with Crippen LogP contribution < -0.4 is 0 Å². The van der Waals surface area contributed by atoms with E-state index in [0.29, 0.717) is 12.1 Å². The minimum Gasteiger partial charge on any atom is -0.335 e. The molecule has 0 aromatic carbocycles. The van der Waals surface area contributed by atoms with Gasteiger partial charge in [-0.05, 0) is 33.7 Å². The second-order valence-corrected chi connectivity index (χ2v) is 4.37. The van der Waals surface area contributed by atoms with E-state index in [1.54, 1.807) is 0 Å². The van der Waals surface area contributed by atoms with E-state index in [1.807, 2.05) is 18.7 Å². The number of hydrogen-bond acceptors (Lipinski definition) is 2.